The van der Waals surface area contributed by atoms with Crippen molar-refractivity contribution in [2.45, 2.75) is 25.4 Å². The zero-order valence-electron chi connectivity index (χ0n) is 31.6. The number of hydrogen-bond acceptors (Lipinski definition) is 4. The molecule has 57 heavy (non-hydrogen) atoms. The molecule has 1 aliphatic carbocycles. The maximum Gasteiger partial charge on any atom is 0.143 e. The van der Waals surface area contributed by atoms with Gasteiger partial charge in [-0.05, 0) is 110 Å². The maximum absolute atomic E-state index is 9.56. The normalized spacial score (nSPS) is 14.9. The standard InChI is InChI=1S/C52H38N4O/c1-52(2)46-28-32(31-53)9-24-42(46)43-25-22-40(30-47(43)52)41-6-5-7-44-45-29-39(23-26-48(45)57-50(41)44)37-16-14-35(15-17-37)33-10-12-34(13-11-33)36-18-20-38(21-19-36)51(54)56-49-8-3-4-27-55-49/h3-30,49,55H,1-2H3,(H2,54,56). The van der Waals surface area contributed by atoms with E-state index in [0.29, 0.717) is 11.4 Å². The van der Waals surface area contributed by atoms with Crippen molar-refractivity contribution in [3.05, 3.63) is 192 Å². The SMILES string of the molecule is CC1(C)c2cc(C#N)ccc2-c2ccc(-c3cccc4c3oc3ccc(-c5ccc(-c6ccc(-c7ccc(C(=N)NC8C=CC=CN8)cc7)cc6)cc5)cc34)cc21. The van der Waals surface area contributed by atoms with Crippen molar-refractivity contribution in [3.63, 3.8) is 0 Å². The highest BCUT2D eigenvalue weighted by Crippen LogP contribution is 2.50. The van der Waals surface area contributed by atoms with Crippen LogP contribution in [0.4, 0.5) is 0 Å². The van der Waals surface area contributed by atoms with Gasteiger partial charge >= 0.3 is 0 Å². The van der Waals surface area contributed by atoms with Crippen LogP contribution in [0.1, 0.15) is 36.1 Å². The number of amidine groups is 1. The zero-order chi connectivity index (χ0) is 38.7. The Morgan fingerprint density at radius 2 is 1.23 bits per heavy atom. The molecule has 5 nitrogen and oxygen atoms in total. The van der Waals surface area contributed by atoms with Gasteiger partial charge in [-0.25, -0.2) is 0 Å². The highest BCUT2D eigenvalue weighted by Gasteiger charge is 2.36. The number of nitriles is 1. The number of para-hydroxylation sites is 1. The summed E-state index contributed by atoms with van der Waals surface area (Å²) in [5.74, 6) is 0.380. The third-order valence-electron chi connectivity index (χ3n) is 11.6. The third kappa shape index (κ3) is 5.91. The highest BCUT2D eigenvalue weighted by atomic mass is 16.3. The molecule has 1 aromatic heterocycles. The van der Waals surface area contributed by atoms with E-state index in [-0.39, 0.29) is 11.6 Å². The van der Waals surface area contributed by atoms with Gasteiger partial charge in [0, 0.05) is 27.3 Å². The molecule has 0 radical (unpaired) electrons. The van der Waals surface area contributed by atoms with Crippen molar-refractivity contribution in [2.75, 3.05) is 0 Å². The number of nitrogens with one attached hydrogen (secondary N) is 3. The Morgan fingerprint density at radius 1 is 0.632 bits per heavy atom. The summed E-state index contributed by atoms with van der Waals surface area (Å²) in [5, 5.41) is 26.6. The molecule has 0 fully saturated rings. The summed E-state index contributed by atoms with van der Waals surface area (Å²) in [4.78, 5) is 0. The van der Waals surface area contributed by atoms with E-state index in [9.17, 15) is 5.26 Å². The predicted octanol–water partition coefficient (Wildman–Crippen LogP) is 12.3. The lowest BCUT2D eigenvalue weighted by Crippen LogP contribution is -2.42. The van der Waals surface area contributed by atoms with Crippen LogP contribution in [0.5, 0.6) is 0 Å². The molecule has 1 unspecified atom stereocenters. The molecule has 10 rings (SSSR count). The maximum atomic E-state index is 9.56. The second kappa shape index (κ2) is 13.4. The number of furan rings is 1. The molecule has 272 valence electrons. The van der Waals surface area contributed by atoms with Crippen LogP contribution in [0.25, 0.3) is 77.6 Å². The van der Waals surface area contributed by atoms with E-state index in [4.69, 9.17) is 9.83 Å². The van der Waals surface area contributed by atoms with Crippen LogP contribution in [0.2, 0.25) is 0 Å². The Labute approximate surface area is 331 Å². The van der Waals surface area contributed by atoms with E-state index in [1.54, 1.807) is 0 Å². The molecule has 2 heterocycles. The first kappa shape index (κ1) is 34.1. The second-order valence-corrected chi connectivity index (χ2v) is 15.4. The summed E-state index contributed by atoms with van der Waals surface area (Å²) < 4.78 is 6.60. The average Bonchev–Trinajstić information content (AvgIpc) is 3.75. The van der Waals surface area contributed by atoms with Gasteiger partial charge in [0.15, 0.2) is 0 Å². The van der Waals surface area contributed by atoms with Gasteiger partial charge in [-0.2, -0.15) is 5.26 Å². The van der Waals surface area contributed by atoms with Crippen LogP contribution < -0.4 is 10.6 Å². The summed E-state index contributed by atoms with van der Waals surface area (Å²) in [6, 6.07) is 53.5. The molecular weight excluding hydrogens is 697 g/mol. The lowest BCUT2D eigenvalue weighted by atomic mass is 9.81. The number of allylic oxidation sites excluding steroid dienone is 2. The molecule has 0 bridgehead atoms. The Morgan fingerprint density at radius 3 is 1.88 bits per heavy atom. The van der Waals surface area contributed by atoms with Gasteiger partial charge in [0.2, 0.25) is 0 Å². The number of dihydropyridines is 1. The summed E-state index contributed by atoms with van der Waals surface area (Å²) in [5.41, 5.74) is 17.0. The van der Waals surface area contributed by atoms with Crippen LogP contribution in [-0.2, 0) is 5.41 Å². The van der Waals surface area contributed by atoms with Gasteiger partial charge in [-0.3, -0.25) is 5.41 Å². The molecule has 2 aliphatic rings. The van der Waals surface area contributed by atoms with Gasteiger partial charge in [0.1, 0.15) is 23.2 Å². The molecule has 0 saturated heterocycles. The smallest absolute Gasteiger partial charge is 0.143 e. The monoisotopic (exact) mass is 734 g/mol. The Bertz CT molecular complexity index is 2990. The van der Waals surface area contributed by atoms with Crippen LogP contribution in [0.15, 0.2) is 174 Å². The molecule has 0 spiro atoms. The summed E-state index contributed by atoms with van der Waals surface area (Å²) >= 11 is 0. The Balaban J connectivity index is 0.884. The molecule has 3 N–H and O–H groups in total. The minimum Gasteiger partial charge on any atom is -0.455 e. The van der Waals surface area contributed by atoms with Crippen LogP contribution in [0.3, 0.4) is 0 Å². The van der Waals surface area contributed by atoms with Crippen molar-refractivity contribution >= 4 is 27.8 Å². The van der Waals surface area contributed by atoms with Gasteiger partial charge < -0.3 is 15.1 Å². The van der Waals surface area contributed by atoms with Gasteiger partial charge in [0.05, 0.1) is 11.6 Å². The van der Waals surface area contributed by atoms with Gasteiger partial charge in [0.25, 0.3) is 0 Å². The number of rotatable bonds is 6. The van der Waals surface area contributed by atoms with E-state index in [1.807, 2.05) is 48.7 Å². The number of nitrogens with zero attached hydrogens (tertiary/aromatic N) is 1. The van der Waals surface area contributed by atoms with E-state index < -0.39 is 0 Å². The predicted molar refractivity (Wildman–Crippen MR) is 233 cm³/mol. The fourth-order valence-corrected chi connectivity index (χ4v) is 8.49. The summed E-state index contributed by atoms with van der Waals surface area (Å²) in [6.45, 7) is 4.49. The van der Waals surface area contributed by atoms with E-state index in [2.05, 4.69) is 152 Å². The summed E-state index contributed by atoms with van der Waals surface area (Å²) in [6.07, 6.45) is 7.66. The minimum absolute atomic E-state index is 0.0873. The first-order chi connectivity index (χ1) is 27.8. The first-order valence-electron chi connectivity index (χ1n) is 19.3. The van der Waals surface area contributed by atoms with Crippen LogP contribution in [0, 0.1) is 16.7 Å². The lowest BCUT2D eigenvalue weighted by Gasteiger charge is -2.22. The first-order valence-corrected chi connectivity index (χ1v) is 19.3. The van der Waals surface area contributed by atoms with Gasteiger partial charge in [-0.15, -0.1) is 0 Å². The molecule has 0 amide bonds. The largest absolute Gasteiger partial charge is 0.455 e. The lowest BCUT2D eigenvalue weighted by molar-refractivity contribution is 0.654. The second-order valence-electron chi connectivity index (χ2n) is 15.4. The van der Waals surface area contributed by atoms with Crippen molar-refractivity contribution in [1.29, 1.82) is 10.7 Å². The molecule has 1 aliphatic heterocycles. The van der Waals surface area contributed by atoms with Crippen molar-refractivity contribution in [3.8, 4) is 61.7 Å². The quantitative estimate of drug-likeness (QED) is 0.117. The molecule has 7 aromatic carbocycles. The van der Waals surface area contributed by atoms with Gasteiger partial charge in [-0.1, -0.05) is 135 Å². The topological polar surface area (TPSA) is 84.8 Å². The molecule has 5 heteroatoms. The average molecular weight is 735 g/mol. The van der Waals surface area contributed by atoms with Crippen LogP contribution in [-0.4, -0.2) is 12.0 Å². The number of fused-ring (bicyclic) bond motifs is 6. The fourth-order valence-electron chi connectivity index (χ4n) is 8.49. The third-order valence-corrected chi connectivity index (χ3v) is 11.6. The van der Waals surface area contributed by atoms with E-state index >= 15 is 0 Å². The minimum atomic E-state index is -0.218. The zero-order valence-corrected chi connectivity index (χ0v) is 31.6. The van der Waals surface area contributed by atoms with Crippen molar-refractivity contribution in [2.24, 2.45) is 0 Å². The molecule has 1 atom stereocenters. The number of hydrogen-bond donors (Lipinski definition) is 3. The van der Waals surface area contributed by atoms with Crippen molar-refractivity contribution in [1.82, 2.24) is 10.6 Å². The molecule has 0 saturated carbocycles. The van der Waals surface area contributed by atoms with Crippen molar-refractivity contribution < 1.29 is 4.42 Å². The number of benzene rings is 7. The Hall–Kier alpha value is -7.42. The Kier molecular flexibility index (Phi) is 8.02. The summed E-state index contributed by atoms with van der Waals surface area (Å²) in [7, 11) is 0. The molecule has 8 aromatic rings. The van der Waals surface area contributed by atoms with E-state index in [1.165, 1.54) is 22.3 Å². The molecular formula is C52H38N4O. The fraction of sp³-hybridized carbons (Fsp3) is 0.0769. The van der Waals surface area contributed by atoms with E-state index in [0.717, 1.165) is 72.0 Å². The van der Waals surface area contributed by atoms with Crippen LogP contribution >= 0.6 is 0 Å². The highest BCUT2D eigenvalue weighted by molar-refractivity contribution is 6.10.